The smallest absolute Gasteiger partial charge is 0.418 e. The van der Waals surface area contributed by atoms with Gasteiger partial charge < -0.3 is 33.4 Å². The third-order valence-electron chi connectivity index (χ3n) is 10.4. The van der Waals surface area contributed by atoms with Gasteiger partial charge in [0.1, 0.15) is 23.6 Å². The molecule has 1 N–H and O–H groups in total. The Morgan fingerprint density at radius 1 is 1.00 bits per heavy atom. The Kier molecular flexibility index (Phi) is 10.0. The van der Waals surface area contributed by atoms with Gasteiger partial charge in [0.05, 0.1) is 56.0 Å². The number of aliphatic hydroxyl groups is 1. The highest BCUT2D eigenvalue weighted by Crippen LogP contribution is 2.60. The normalized spacial score (nSPS) is 22.7. The second-order valence-electron chi connectivity index (χ2n) is 16.5. The van der Waals surface area contributed by atoms with Crippen LogP contribution in [0.4, 0.5) is 16.2 Å². The largest absolute Gasteiger partial charge is 0.497 e. The van der Waals surface area contributed by atoms with Crippen LogP contribution in [0.5, 0.6) is 5.75 Å². The highest BCUT2D eigenvalue weighted by atomic mass is 16.7. The molecule has 12 heteroatoms. The van der Waals surface area contributed by atoms with Crippen LogP contribution in [0.2, 0.25) is 0 Å². The Balaban J connectivity index is 1.32. The molecule has 3 aliphatic rings. The highest BCUT2D eigenvalue weighted by Gasteiger charge is 2.73. The first kappa shape index (κ1) is 39.1. The zero-order valence-corrected chi connectivity index (χ0v) is 33.3. The van der Waals surface area contributed by atoms with E-state index in [0.29, 0.717) is 48.0 Å². The van der Waals surface area contributed by atoms with Gasteiger partial charge in [0, 0.05) is 23.4 Å². The van der Waals surface area contributed by atoms with Gasteiger partial charge in [-0.3, -0.25) is 9.69 Å². The number of benzene rings is 3. The lowest BCUT2D eigenvalue weighted by Crippen LogP contribution is -2.74. The van der Waals surface area contributed by atoms with Crippen molar-refractivity contribution in [2.24, 2.45) is 0 Å². The molecule has 0 aliphatic carbocycles. The van der Waals surface area contributed by atoms with Crippen LogP contribution in [0.25, 0.3) is 0 Å². The van der Waals surface area contributed by atoms with E-state index in [1.807, 2.05) is 74.7 Å². The molecule has 0 saturated carbocycles. The summed E-state index contributed by atoms with van der Waals surface area (Å²) in [7, 11) is 1.56. The van der Waals surface area contributed by atoms with Crippen LogP contribution >= 0.6 is 0 Å². The Labute approximate surface area is 328 Å². The first-order chi connectivity index (χ1) is 26.5. The van der Waals surface area contributed by atoms with Gasteiger partial charge in [-0.1, -0.05) is 54.5 Å². The molecule has 0 radical (unpaired) electrons. The van der Waals surface area contributed by atoms with Gasteiger partial charge in [-0.2, -0.15) is 0 Å². The number of imidazole rings is 1. The quantitative estimate of drug-likeness (QED) is 0.145. The van der Waals surface area contributed by atoms with E-state index in [4.69, 9.17) is 28.7 Å². The number of rotatable bonds is 9. The molecule has 12 nitrogen and oxygen atoms in total. The summed E-state index contributed by atoms with van der Waals surface area (Å²) in [4.78, 5) is 35.6. The molecular weight excluding hydrogens is 713 g/mol. The van der Waals surface area contributed by atoms with Crippen molar-refractivity contribution in [2.75, 3.05) is 23.5 Å². The summed E-state index contributed by atoms with van der Waals surface area (Å²) < 4.78 is 31.5. The Hall–Kier alpha value is -5.19. The Bertz CT molecular complexity index is 2160. The molecule has 1 aromatic heterocycles. The van der Waals surface area contributed by atoms with Crippen LogP contribution in [-0.4, -0.2) is 63.6 Å². The lowest BCUT2D eigenvalue weighted by atomic mass is 9.71. The van der Waals surface area contributed by atoms with Gasteiger partial charge in [-0.05, 0) is 90.3 Å². The predicted molar refractivity (Wildman–Crippen MR) is 210 cm³/mol. The van der Waals surface area contributed by atoms with Crippen molar-refractivity contribution in [2.45, 2.75) is 109 Å². The number of aromatic nitrogens is 2. The van der Waals surface area contributed by atoms with E-state index in [-0.39, 0.29) is 25.2 Å². The van der Waals surface area contributed by atoms with Gasteiger partial charge in [-0.15, -0.1) is 0 Å². The lowest BCUT2D eigenvalue weighted by Gasteiger charge is -2.55. The van der Waals surface area contributed by atoms with E-state index in [2.05, 4.69) is 11.8 Å². The second-order valence-corrected chi connectivity index (χ2v) is 16.5. The molecule has 1 spiro atoms. The van der Waals surface area contributed by atoms with Gasteiger partial charge >= 0.3 is 6.09 Å². The van der Waals surface area contributed by atoms with Crippen molar-refractivity contribution in [3.05, 3.63) is 108 Å². The summed E-state index contributed by atoms with van der Waals surface area (Å²) in [5.74, 6) is 6.16. The number of ether oxygens (including phenoxy) is 5. The lowest BCUT2D eigenvalue weighted by molar-refractivity contribution is -0.138. The fourth-order valence-electron chi connectivity index (χ4n) is 7.82. The highest BCUT2D eigenvalue weighted by molar-refractivity contribution is 6.08. The molecule has 2 saturated heterocycles. The number of fused-ring (bicyclic) bond motifs is 2. The summed E-state index contributed by atoms with van der Waals surface area (Å²) in [5, 5.41) is 13.3. The number of nitrogens with zero attached hydrogens (tertiary/aromatic N) is 4. The number of carbonyl (C=O) groups is 2. The number of anilines is 2. The number of carbonyl (C=O) groups excluding carboxylic acids is 2. The van der Waals surface area contributed by atoms with Crippen LogP contribution < -0.4 is 14.5 Å². The monoisotopic (exact) mass is 762 g/mol. The van der Waals surface area contributed by atoms with Crippen molar-refractivity contribution < 1.29 is 38.4 Å². The summed E-state index contributed by atoms with van der Waals surface area (Å²) in [6.07, 6.45) is 1.02. The average Bonchev–Trinajstić information content (AvgIpc) is 3.78. The van der Waals surface area contributed by atoms with Crippen molar-refractivity contribution in [3.8, 4) is 17.6 Å². The summed E-state index contributed by atoms with van der Waals surface area (Å²) in [6, 6.07) is 24.1. The van der Waals surface area contributed by atoms with Crippen LogP contribution in [-0.2, 0) is 54.5 Å². The van der Waals surface area contributed by atoms with Crippen molar-refractivity contribution in [3.63, 3.8) is 0 Å². The number of hydrogen-bond donors (Lipinski definition) is 1. The van der Waals surface area contributed by atoms with Crippen molar-refractivity contribution >= 4 is 23.4 Å². The molecule has 7 rings (SSSR count). The van der Waals surface area contributed by atoms with Crippen LogP contribution in [0.3, 0.4) is 0 Å². The number of β-lactam (4-membered cyclic amide) rings is 1. The Morgan fingerprint density at radius 2 is 1.70 bits per heavy atom. The molecule has 56 heavy (non-hydrogen) atoms. The van der Waals surface area contributed by atoms with Crippen molar-refractivity contribution in [1.82, 2.24) is 9.55 Å². The maximum Gasteiger partial charge on any atom is 0.418 e. The second kappa shape index (κ2) is 14.4. The third-order valence-corrected chi connectivity index (χ3v) is 10.4. The third kappa shape index (κ3) is 7.05. The topological polar surface area (TPSA) is 125 Å². The van der Waals surface area contributed by atoms with Crippen LogP contribution in [0.15, 0.2) is 85.2 Å². The van der Waals surface area contributed by atoms with Gasteiger partial charge in [0.25, 0.3) is 0 Å². The maximum absolute atomic E-state index is 14.3. The number of hydrogen-bond acceptors (Lipinski definition) is 9. The van der Waals surface area contributed by atoms with Gasteiger partial charge in [0.2, 0.25) is 11.6 Å². The van der Waals surface area contributed by atoms with E-state index in [1.165, 1.54) is 9.80 Å². The Morgan fingerprint density at radius 3 is 2.34 bits per heavy atom. The van der Waals surface area contributed by atoms with Gasteiger partial charge in [0.15, 0.2) is 5.79 Å². The minimum absolute atomic E-state index is 0.117. The summed E-state index contributed by atoms with van der Waals surface area (Å²) in [5.41, 5.74) is -1.66. The van der Waals surface area contributed by atoms with E-state index in [9.17, 15) is 14.7 Å². The van der Waals surface area contributed by atoms with E-state index in [1.54, 1.807) is 70.6 Å². The fourth-order valence-corrected chi connectivity index (χ4v) is 7.82. The molecule has 2 amide bonds. The average molecular weight is 763 g/mol. The summed E-state index contributed by atoms with van der Waals surface area (Å²) in [6.45, 7) is 13.9. The predicted octanol–water partition coefficient (Wildman–Crippen LogP) is 6.82. The molecule has 294 valence electrons. The van der Waals surface area contributed by atoms with E-state index < -0.39 is 34.2 Å². The first-order valence-corrected chi connectivity index (χ1v) is 18.8. The number of amides is 2. The van der Waals surface area contributed by atoms with Crippen molar-refractivity contribution in [1.29, 1.82) is 0 Å². The van der Waals surface area contributed by atoms with Crippen LogP contribution in [0.1, 0.15) is 77.4 Å². The zero-order valence-electron chi connectivity index (χ0n) is 33.3. The van der Waals surface area contributed by atoms with Gasteiger partial charge in [-0.25, -0.2) is 14.7 Å². The molecule has 3 unspecified atom stereocenters. The van der Waals surface area contributed by atoms with E-state index >= 15 is 0 Å². The van der Waals surface area contributed by atoms with Crippen LogP contribution in [0, 0.1) is 11.8 Å². The molecule has 3 aromatic carbocycles. The SMILES string of the molecule is COc1ccc(N2C(=O)CC23c2ccccc2N(C(=O)OC(C)(C)C)C3(O)C#CC(C)(C)c2ncn(COCc3ccccc3)c2CC2COC(C)(C)O2)cc1. The molecule has 0 bridgehead atoms. The minimum atomic E-state index is -2.28. The molecule has 4 heterocycles. The maximum atomic E-state index is 14.3. The number of methoxy groups -OCH3 is 1. The standard InChI is InChI=1S/C44H50N4O8/c1-40(2,3)56-39(50)48-35-17-13-12-16-34(35)43(25-37(49)47(43)31-18-20-32(52-8)21-19-31)44(48,51)23-22-41(4,5)38-36(24-33-27-54-42(6,7)55-33)46(28-45-38)29-53-26-30-14-10-9-11-15-30/h9-21,28,33,51H,24-27,29H2,1-8H3. The zero-order chi connectivity index (χ0) is 40.1. The van der Waals surface area contributed by atoms with E-state index in [0.717, 1.165) is 11.3 Å². The minimum Gasteiger partial charge on any atom is -0.497 e. The molecule has 3 atom stereocenters. The molecule has 3 aliphatic heterocycles. The molecule has 2 fully saturated rings. The first-order valence-electron chi connectivity index (χ1n) is 18.8. The number of para-hydroxylation sites is 1. The fraction of sp³-hybridized carbons (Fsp3) is 0.432. The molecular formula is C44H50N4O8. The summed E-state index contributed by atoms with van der Waals surface area (Å²) >= 11 is 0. The molecule has 4 aromatic rings.